The fraction of sp³-hybridized carbons (Fsp3) is 0.615. The van der Waals surface area contributed by atoms with Gasteiger partial charge in [-0.2, -0.15) is 0 Å². The van der Waals surface area contributed by atoms with Crippen LogP contribution in [0.15, 0.2) is 16.7 Å². The first kappa shape index (κ1) is 13.1. The monoisotopic (exact) mass is 253 g/mol. The minimum Gasteiger partial charge on any atom is -0.478 e. The summed E-state index contributed by atoms with van der Waals surface area (Å²) >= 11 is 0. The van der Waals surface area contributed by atoms with E-state index in [9.17, 15) is 4.79 Å². The molecular formula is C13H19NO4. The van der Waals surface area contributed by atoms with Crippen LogP contribution in [0.5, 0.6) is 0 Å². The van der Waals surface area contributed by atoms with Crippen LogP contribution in [0.2, 0.25) is 0 Å². The van der Waals surface area contributed by atoms with Crippen LogP contribution in [-0.2, 0) is 11.3 Å². The van der Waals surface area contributed by atoms with Crippen molar-refractivity contribution in [2.75, 3.05) is 20.2 Å². The molecule has 0 radical (unpaired) electrons. The van der Waals surface area contributed by atoms with Gasteiger partial charge in [-0.25, -0.2) is 4.79 Å². The Balaban J connectivity index is 1.94. The molecule has 0 amide bonds. The number of methoxy groups -OCH3 is 1. The number of aromatic carboxylic acids is 1. The molecule has 1 aliphatic heterocycles. The molecule has 0 bridgehead atoms. The van der Waals surface area contributed by atoms with Crippen LogP contribution in [0.4, 0.5) is 0 Å². The highest BCUT2D eigenvalue weighted by atomic mass is 16.5. The second kappa shape index (κ2) is 5.54. The number of hydrogen-bond acceptors (Lipinski definition) is 4. The van der Waals surface area contributed by atoms with E-state index in [1.54, 1.807) is 13.2 Å². The zero-order valence-electron chi connectivity index (χ0n) is 10.8. The number of ether oxygens (including phenoxy) is 1. The number of hydrogen-bond donors (Lipinski definition) is 1. The van der Waals surface area contributed by atoms with Crippen LogP contribution in [0.25, 0.3) is 0 Å². The summed E-state index contributed by atoms with van der Waals surface area (Å²) in [6.07, 6.45) is 2.62. The first-order valence-electron chi connectivity index (χ1n) is 6.16. The van der Waals surface area contributed by atoms with E-state index >= 15 is 0 Å². The van der Waals surface area contributed by atoms with Gasteiger partial charge in [0, 0.05) is 13.7 Å². The summed E-state index contributed by atoms with van der Waals surface area (Å²) in [6.45, 7) is 4.69. The smallest absolute Gasteiger partial charge is 0.338 e. The van der Waals surface area contributed by atoms with E-state index in [1.807, 2.05) is 0 Å². The molecule has 2 atom stereocenters. The molecule has 2 heterocycles. The van der Waals surface area contributed by atoms with E-state index in [-0.39, 0.29) is 11.7 Å². The Morgan fingerprint density at radius 2 is 2.44 bits per heavy atom. The predicted molar refractivity (Wildman–Crippen MR) is 65.5 cm³/mol. The van der Waals surface area contributed by atoms with Crippen molar-refractivity contribution in [3.63, 3.8) is 0 Å². The molecule has 1 fully saturated rings. The molecule has 18 heavy (non-hydrogen) atoms. The summed E-state index contributed by atoms with van der Waals surface area (Å²) in [7, 11) is 1.74. The largest absolute Gasteiger partial charge is 0.478 e. The van der Waals surface area contributed by atoms with Gasteiger partial charge in [0.15, 0.2) is 0 Å². The van der Waals surface area contributed by atoms with Crippen LogP contribution in [0.1, 0.15) is 29.5 Å². The van der Waals surface area contributed by atoms with Crippen LogP contribution in [-0.4, -0.2) is 42.3 Å². The van der Waals surface area contributed by atoms with E-state index < -0.39 is 5.97 Å². The van der Waals surface area contributed by atoms with Crippen molar-refractivity contribution in [3.8, 4) is 0 Å². The minimum absolute atomic E-state index is 0.207. The Bertz CT molecular complexity index is 415. The zero-order chi connectivity index (χ0) is 13.1. The highest BCUT2D eigenvalue weighted by molar-refractivity contribution is 5.87. The van der Waals surface area contributed by atoms with Crippen molar-refractivity contribution >= 4 is 5.97 Å². The number of nitrogens with zero attached hydrogens (tertiary/aromatic N) is 1. The highest BCUT2D eigenvalue weighted by Gasteiger charge is 2.26. The van der Waals surface area contributed by atoms with Gasteiger partial charge < -0.3 is 14.3 Å². The topological polar surface area (TPSA) is 62.9 Å². The van der Waals surface area contributed by atoms with Gasteiger partial charge in [-0.15, -0.1) is 0 Å². The summed E-state index contributed by atoms with van der Waals surface area (Å²) in [4.78, 5) is 13.0. The quantitative estimate of drug-likeness (QED) is 0.887. The van der Waals surface area contributed by atoms with Gasteiger partial charge >= 0.3 is 5.97 Å². The van der Waals surface area contributed by atoms with Crippen molar-refractivity contribution in [1.82, 2.24) is 4.90 Å². The molecule has 5 heteroatoms. The summed E-state index contributed by atoms with van der Waals surface area (Å²) in [6, 6.07) is 1.59. The van der Waals surface area contributed by atoms with Gasteiger partial charge in [-0.1, -0.05) is 6.92 Å². The third kappa shape index (κ3) is 2.91. The number of piperidine rings is 1. The Kier molecular flexibility index (Phi) is 4.04. The SMILES string of the molecule is COC1CN(Cc2cc(C(=O)O)co2)CCC1C. The summed E-state index contributed by atoms with van der Waals surface area (Å²) in [5, 5.41) is 8.83. The minimum atomic E-state index is -0.952. The lowest BCUT2D eigenvalue weighted by Gasteiger charge is -2.35. The molecule has 1 saturated heterocycles. The third-order valence-corrected chi connectivity index (χ3v) is 3.56. The third-order valence-electron chi connectivity index (χ3n) is 3.56. The normalized spacial score (nSPS) is 25.2. The van der Waals surface area contributed by atoms with Gasteiger partial charge in [-0.05, 0) is 24.9 Å². The maximum Gasteiger partial charge on any atom is 0.338 e. The average Bonchev–Trinajstić information content (AvgIpc) is 2.80. The van der Waals surface area contributed by atoms with Gasteiger partial charge in [0.25, 0.3) is 0 Å². The van der Waals surface area contributed by atoms with E-state index in [0.717, 1.165) is 19.5 Å². The maximum atomic E-state index is 10.8. The average molecular weight is 253 g/mol. The zero-order valence-corrected chi connectivity index (χ0v) is 10.8. The summed E-state index contributed by atoms with van der Waals surface area (Å²) < 4.78 is 10.7. The number of furan rings is 1. The molecule has 2 unspecified atom stereocenters. The maximum absolute atomic E-state index is 10.8. The first-order valence-corrected chi connectivity index (χ1v) is 6.16. The molecule has 1 N–H and O–H groups in total. The summed E-state index contributed by atoms with van der Waals surface area (Å²) in [5.41, 5.74) is 0.207. The number of carboxylic acid groups (broad SMARTS) is 1. The van der Waals surface area contributed by atoms with E-state index in [2.05, 4.69) is 11.8 Å². The van der Waals surface area contributed by atoms with Crippen molar-refractivity contribution in [1.29, 1.82) is 0 Å². The lowest BCUT2D eigenvalue weighted by Crippen LogP contribution is -2.43. The van der Waals surface area contributed by atoms with Crippen molar-refractivity contribution in [2.45, 2.75) is 26.0 Å². The molecule has 2 rings (SSSR count). The molecule has 100 valence electrons. The lowest BCUT2D eigenvalue weighted by molar-refractivity contribution is -0.00916. The Hall–Kier alpha value is -1.33. The number of carbonyl (C=O) groups is 1. The Morgan fingerprint density at radius 3 is 3.06 bits per heavy atom. The van der Waals surface area contributed by atoms with Gasteiger partial charge in [0.2, 0.25) is 0 Å². The molecule has 1 aliphatic rings. The highest BCUT2D eigenvalue weighted by Crippen LogP contribution is 2.21. The van der Waals surface area contributed by atoms with Gasteiger partial charge in [0.1, 0.15) is 12.0 Å². The Morgan fingerprint density at radius 1 is 1.67 bits per heavy atom. The second-order valence-corrected chi connectivity index (χ2v) is 4.88. The van der Waals surface area contributed by atoms with Crippen molar-refractivity contribution in [3.05, 3.63) is 23.7 Å². The predicted octanol–water partition coefficient (Wildman–Crippen LogP) is 1.83. The fourth-order valence-corrected chi connectivity index (χ4v) is 2.34. The fourth-order valence-electron chi connectivity index (χ4n) is 2.34. The molecule has 0 spiro atoms. The molecule has 5 nitrogen and oxygen atoms in total. The number of likely N-dealkylation sites (tertiary alicyclic amines) is 1. The van der Waals surface area contributed by atoms with E-state index in [1.165, 1.54) is 6.26 Å². The molecule has 0 aliphatic carbocycles. The van der Waals surface area contributed by atoms with Crippen LogP contribution < -0.4 is 0 Å². The number of carboxylic acids is 1. The molecule has 1 aromatic heterocycles. The molecular weight excluding hydrogens is 234 g/mol. The number of rotatable bonds is 4. The van der Waals surface area contributed by atoms with Crippen LogP contribution in [0.3, 0.4) is 0 Å². The summed E-state index contributed by atoms with van der Waals surface area (Å²) in [5.74, 6) is 0.307. The lowest BCUT2D eigenvalue weighted by atomic mass is 9.96. The van der Waals surface area contributed by atoms with Gasteiger partial charge in [0.05, 0.1) is 18.2 Å². The molecule has 1 aromatic rings. The van der Waals surface area contributed by atoms with Crippen LogP contribution >= 0.6 is 0 Å². The Labute approximate surface area is 106 Å². The van der Waals surface area contributed by atoms with Crippen molar-refractivity contribution in [2.24, 2.45) is 5.92 Å². The molecule has 0 aromatic carbocycles. The van der Waals surface area contributed by atoms with E-state index in [0.29, 0.717) is 18.2 Å². The van der Waals surface area contributed by atoms with Crippen molar-refractivity contribution < 1.29 is 19.1 Å². The van der Waals surface area contributed by atoms with E-state index in [4.69, 9.17) is 14.3 Å². The molecule has 0 saturated carbocycles. The van der Waals surface area contributed by atoms with Gasteiger partial charge in [-0.3, -0.25) is 4.90 Å². The standard InChI is InChI=1S/C13H19NO4/c1-9-3-4-14(7-12(9)17-2)6-11-5-10(8-18-11)13(15)16/h5,8-9,12H,3-4,6-7H2,1-2H3,(H,15,16). The second-order valence-electron chi connectivity index (χ2n) is 4.88. The van der Waals surface area contributed by atoms with Crippen LogP contribution in [0, 0.1) is 5.92 Å². The first-order chi connectivity index (χ1) is 8.60.